The van der Waals surface area contributed by atoms with Gasteiger partial charge in [0, 0.05) is 16.7 Å². The van der Waals surface area contributed by atoms with Crippen LogP contribution in [0.15, 0.2) is 30.3 Å². The molecule has 13 nitrogen and oxygen atoms in total. The zero-order chi connectivity index (χ0) is 36.7. The molecule has 0 bridgehead atoms. The van der Waals surface area contributed by atoms with Crippen molar-refractivity contribution in [1.29, 1.82) is 5.26 Å². The summed E-state index contributed by atoms with van der Waals surface area (Å²) in [4.78, 5) is 97.5. The van der Waals surface area contributed by atoms with Crippen molar-refractivity contribution in [2.75, 3.05) is 14.1 Å². The zero-order valence-electron chi connectivity index (χ0n) is 28.1. The van der Waals surface area contributed by atoms with Crippen molar-refractivity contribution < 1.29 is 38.7 Å². The fourth-order valence-electron chi connectivity index (χ4n) is 9.17. The number of carbonyl (C=O) groups is 7. The summed E-state index contributed by atoms with van der Waals surface area (Å²) in [5.41, 5.74) is 13.9. The quantitative estimate of drug-likeness (QED) is 0.223. The molecule has 0 heterocycles. The molecule has 2 fully saturated rings. The Morgan fingerprint density at radius 2 is 1.60 bits per heavy atom. The summed E-state index contributed by atoms with van der Waals surface area (Å²) in [7, 11) is 2.88. The van der Waals surface area contributed by atoms with E-state index in [1.165, 1.54) is 19.0 Å². The number of nitrogens with two attached hydrogens (primary N) is 3. The fraction of sp³-hybridized carbons (Fsp3) is 0.459. The molecule has 260 valence electrons. The van der Waals surface area contributed by atoms with Crippen LogP contribution in [0.3, 0.4) is 0 Å². The summed E-state index contributed by atoms with van der Waals surface area (Å²) in [6.45, 7) is 2.02. The SMILES string of the molecule is CCCCCc1cc(CC2C(=O)c3ccccc3C2=O)c(O)c2c1C[C@@]1(N)C[C@@]3(N)[C@H](N(C)C)C(=O)C(C(N)=O)C(=O)[C@@]3(C#N)C(=O)C1C2=O. The Labute approximate surface area is 288 Å². The van der Waals surface area contributed by atoms with Gasteiger partial charge in [0.1, 0.15) is 11.7 Å². The number of unbranched alkanes of at least 4 members (excludes halogenated alkanes) is 2. The Morgan fingerprint density at radius 1 is 0.980 bits per heavy atom. The van der Waals surface area contributed by atoms with Gasteiger partial charge in [-0.05, 0) is 62.9 Å². The number of fused-ring (bicyclic) bond motifs is 4. The Bertz CT molecular complexity index is 1950. The van der Waals surface area contributed by atoms with Crippen molar-refractivity contribution in [3.05, 3.63) is 63.7 Å². The van der Waals surface area contributed by atoms with Gasteiger partial charge in [-0.15, -0.1) is 0 Å². The van der Waals surface area contributed by atoms with E-state index in [1.807, 2.05) is 6.92 Å². The average Bonchev–Trinajstić information content (AvgIpc) is 3.27. The number of Topliss-reactive ketones (excluding diaryl/α,β-unsaturated/α-hetero) is 6. The molecule has 6 rings (SSSR count). The van der Waals surface area contributed by atoms with E-state index in [-0.39, 0.29) is 35.1 Å². The van der Waals surface area contributed by atoms with Crippen molar-refractivity contribution in [3.8, 4) is 11.8 Å². The molecule has 1 amide bonds. The molecule has 0 aliphatic heterocycles. The van der Waals surface area contributed by atoms with Crippen molar-refractivity contribution in [2.45, 2.75) is 69.0 Å². The molecule has 6 atom stereocenters. The van der Waals surface area contributed by atoms with E-state index in [1.54, 1.807) is 36.4 Å². The average molecular weight is 682 g/mol. The number of hydrogen-bond acceptors (Lipinski definition) is 12. The number of nitriles is 1. The third-order valence-corrected chi connectivity index (χ3v) is 11.3. The van der Waals surface area contributed by atoms with E-state index in [4.69, 9.17) is 17.2 Å². The van der Waals surface area contributed by atoms with E-state index in [0.717, 1.165) is 12.8 Å². The Hall–Kier alpha value is -4.90. The lowest BCUT2D eigenvalue weighted by molar-refractivity contribution is -0.166. The number of carbonyl (C=O) groups excluding carboxylic acids is 7. The van der Waals surface area contributed by atoms with Gasteiger partial charge in [-0.2, -0.15) is 5.26 Å². The van der Waals surface area contributed by atoms with Gasteiger partial charge in [0.05, 0.1) is 29.1 Å². The first-order chi connectivity index (χ1) is 23.5. The molecule has 0 spiro atoms. The zero-order valence-corrected chi connectivity index (χ0v) is 28.1. The van der Waals surface area contributed by atoms with Crippen LogP contribution >= 0.6 is 0 Å². The van der Waals surface area contributed by atoms with Crippen molar-refractivity contribution in [1.82, 2.24) is 4.90 Å². The van der Waals surface area contributed by atoms with Crippen molar-refractivity contribution in [2.24, 2.45) is 40.4 Å². The second-order valence-electron chi connectivity index (χ2n) is 14.5. The van der Waals surface area contributed by atoms with Crippen LogP contribution < -0.4 is 17.2 Å². The van der Waals surface area contributed by atoms with Crippen LogP contribution in [0.1, 0.15) is 80.4 Å². The van der Waals surface area contributed by atoms with Crippen LogP contribution in [-0.4, -0.2) is 81.8 Å². The number of phenolic OH excluding ortho intramolecular Hbond substituents is 1. The standard InChI is InChI=1S/C37H39N5O8/c1-4-5-6-9-17-12-18(13-21-27(44)19-10-7-8-11-20(19)28(21)45)26(43)23-22(17)14-35(40)15-37(41)31(42(2)3)30(47)24(34(39)50)32(48)36(37,16-38)33(49)25(35)29(23)46/h7-8,10-12,21,24-25,31,43H,4-6,9,13-15,40-41H2,1-3H3,(H2,39,50)/t24?,25?,31-,35-,36+,37-/m1/s1. The van der Waals surface area contributed by atoms with Crippen molar-refractivity contribution in [3.63, 3.8) is 0 Å². The van der Waals surface area contributed by atoms with E-state index < -0.39 is 93.1 Å². The monoisotopic (exact) mass is 681 g/mol. The lowest BCUT2D eigenvalue weighted by Gasteiger charge is -2.60. The van der Waals surface area contributed by atoms with E-state index in [0.29, 0.717) is 24.0 Å². The number of benzene rings is 2. The third kappa shape index (κ3) is 4.51. The molecular weight excluding hydrogens is 642 g/mol. The molecule has 2 saturated carbocycles. The third-order valence-electron chi connectivity index (χ3n) is 11.3. The van der Waals surface area contributed by atoms with E-state index in [2.05, 4.69) is 0 Å². The highest BCUT2D eigenvalue weighted by atomic mass is 16.3. The molecule has 0 radical (unpaired) electrons. The number of aromatic hydroxyl groups is 1. The second kappa shape index (κ2) is 11.9. The first-order valence-electron chi connectivity index (χ1n) is 16.7. The van der Waals surface area contributed by atoms with Gasteiger partial charge in [-0.1, -0.05) is 50.1 Å². The van der Waals surface area contributed by atoms with Gasteiger partial charge >= 0.3 is 0 Å². The highest BCUT2D eigenvalue weighted by molar-refractivity contribution is 6.33. The number of phenols is 1. The summed E-state index contributed by atoms with van der Waals surface area (Å²) in [6.07, 6.45) is 1.91. The summed E-state index contributed by atoms with van der Waals surface area (Å²) in [5.74, 6) is -12.5. The number of ketones is 6. The van der Waals surface area contributed by atoms with Crippen molar-refractivity contribution >= 4 is 40.6 Å². The summed E-state index contributed by atoms with van der Waals surface area (Å²) >= 11 is 0. The Balaban J connectivity index is 1.52. The molecule has 13 heteroatoms. The van der Waals surface area contributed by atoms with E-state index in [9.17, 15) is 43.9 Å². The van der Waals surface area contributed by atoms with Crippen LogP contribution in [0.4, 0.5) is 0 Å². The lowest BCUT2D eigenvalue weighted by Crippen LogP contribution is -2.85. The normalized spacial score (nSPS) is 30.5. The van der Waals surface area contributed by atoms with Crippen LogP contribution in [-0.2, 0) is 38.4 Å². The molecule has 2 aromatic carbocycles. The maximum absolute atomic E-state index is 14.7. The minimum Gasteiger partial charge on any atom is -0.507 e. The molecule has 2 unspecified atom stereocenters. The smallest absolute Gasteiger partial charge is 0.235 e. The minimum absolute atomic E-state index is 0.153. The molecule has 50 heavy (non-hydrogen) atoms. The number of amides is 1. The summed E-state index contributed by atoms with van der Waals surface area (Å²) in [6, 6.07) is 8.29. The van der Waals surface area contributed by atoms with Gasteiger partial charge in [0.15, 0.2) is 46.0 Å². The van der Waals surface area contributed by atoms with Gasteiger partial charge in [-0.25, -0.2) is 0 Å². The number of nitrogens with zero attached hydrogens (tertiary/aromatic N) is 2. The number of primary amides is 1. The molecular formula is C37H39N5O8. The predicted octanol–water partition coefficient (Wildman–Crippen LogP) is 0.779. The topological polar surface area (TPSA) is 245 Å². The number of likely N-dealkylation sites (N-methyl/N-ethyl adjacent to an activating group) is 1. The maximum Gasteiger partial charge on any atom is 0.235 e. The highest BCUT2D eigenvalue weighted by Crippen LogP contribution is 2.57. The van der Waals surface area contributed by atoms with Gasteiger partial charge in [-0.3, -0.25) is 38.5 Å². The number of rotatable bonds is 8. The van der Waals surface area contributed by atoms with Crippen LogP contribution in [0.5, 0.6) is 5.75 Å². The number of hydrogen-bond donors (Lipinski definition) is 4. The number of aryl methyl sites for hydroxylation is 1. The molecule has 7 N–H and O–H groups in total. The Morgan fingerprint density at radius 3 is 2.14 bits per heavy atom. The van der Waals surface area contributed by atoms with E-state index >= 15 is 0 Å². The highest BCUT2D eigenvalue weighted by Gasteiger charge is 2.78. The van der Waals surface area contributed by atoms with Gasteiger partial charge < -0.3 is 22.3 Å². The first kappa shape index (κ1) is 34.9. The molecule has 0 aromatic heterocycles. The summed E-state index contributed by atoms with van der Waals surface area (Å²) < 4.78 is 0. The fourth-order valence-corrected chi connectivity index (χ4v) is 9.17. The lowest BCUT2D eigenvalue weighted by atomic mass is 9.42. The largest absolute Gasteiger partial charge is 0.507 e. The van der Waals surface area contributed by atoms with Crippen LogP contribution in [0.25, 0.3) is 0 Å². The van der Waals surface area contributed by atoms with Crippen LogP contribution in [0, 0.1) is 34.5 Å². The Kier molecular flexibility index (Phi) is 8.29. The maximum atomic E-state index is 14.7. The first-order valence-corrected chi connectivity index (χ1v) is 16.7. The van der Waals surface area contributed by atoms with Gasteiger partial charge in [0.25, 0.3) is 0 Å². The predicted molar refractivity (Wildman–Crippen MR) is 177 cm³/mol. The molecule has 2 aromatic rings. The molecule has 0 saturated heterocycles. The molecule has 4 aliphatic rings. The van der Waals surface area contributed by atoms with Gasteiger partial charge in [0.2, 0.25) is 5.91 Å². The summed E-state index contributed by atoms with van der Waals surface area (Å²) in [5, 5.41) is 22.4. The second-order valence-corrected chi connectivity index (χ2v) is 14.5. The van der Waals surface area contributed by atoms with Crippen LogP contribution in [0.2, 0.25) is 0 Å². The molecule has 4 aliphatic carbocycles. The minimum atomic E-state index is -2.86.